The summed E-state index contributed by atoms with van der Waals surface area (Å²) in [6.45, 7) is 2.00. The van der Waals surface area contributed by atoms with Crippen LogP contribution < -0.4 is 15.8 Å². The maximum absolute atomic E-state index is 12.1. The second-order valence-electron chi connectivity index (χ2n) is 5.36. The first kappa shape index (κ1) is 15.8. The molecule has 1 aromatic rings. The van der Waals surface area contributed by atoms with Gasteiger partial charge in [-0.2, -0.15) is 0 Å². The molecule has 21 heavy (non-hydrogen) atoms. The Balaban J connectivity index is 1.80. The second kappa shape index (κ2) is 6.44. The van der Waals surface area contributed by atoms with E-state index in [0.717, 1.165) is 18.4 Å². The molecule has 116 valence electrons. The molecule has 1 aromatic carbocycles. The number of nitrogen functional groups attached to an aromatic ring is 1. The smallest absolute Gasteiger partial charge is 0.240 e. The van der Waals surface area contributed by atoms with Crippen molar-refractivity contribution in [3.8, 4) is 0 Å². The Kier molecular flexibility index (Phi) is 4.84. The molecular formula is C14H21N3O3S. The maximum Gasteiger partial charge on any atom is 0.240 e. The Labute approximate surface area is 125 Å². The van der Waals surface area contributed by atoms with Gasteiger partial charge in [0.1, 0.15) is 0 Å². The summed E-state index contributed by atoms with van der Waals surface area (Å²) in [6.07, 6.45) is 2.91. The fraction of sp³-hybridized carbons (Fsp3) is 0.500. The number of hydrogen-bond donors (Lipinski definition) is 3. The SMILES string of the molecule is Cc1cc(S(=O)(=O)NCCCC(=O)NC2CC2)ccc1N. The zero-order chi connectivity index (χ0) is 15.5. The summed E-state index contributed by atoms with van der Waals surface area (Å²) in [6, 6.07) is 4.93. The average Bonchev–Trinajstić information content (AvgIpc) is 3.22. The van der Waals surface area contributed by atoms with E-state index in [1.54, 1.807) is 13.0 Å². The van der Waals surface area contributed by atoms with E-state index >= 15 is 0 Å². The highest BCUT2D eigenvalue weighted by molar-refractivity contribution is 7.89. The molecule has 0 heterocycles. The van der Waals surface area contributed by atoms with Crippen LogP contribution in [0.15, 0.2) is 23.1 Å². The third-order valence-corrected chi connectivity index (χ3v) is 4.83. The van der Waals surface area contributed by atoms with Crippen LogP contribution in [-0.4, -0.2) is 26.9 Å². The third kappa shape index (κ3) is 4.71. The number of aryl methyl sites for hydroxylation is 1. The standard InChI is InChI=1S/C14H21N3O3S/c1-10-9-12(6-7-13(10)15)21(19,20)16-8-2-3-14(18)17-11-4-5-11/h6-7,9,11,16H,2-5,8,15H2,1H3,(H,17,18). The molecule has 1 aliphatic carbocycles. The number of anilines is 1. The summed E-state index contributed by atoms with van der Waals surface area (Å²) in [5.41, 5.74) is 6.96. The predicted octanol–water partition coefficient (Wildman–Crippen LogP) is 0.914. The Hall–Kier alpha value is -1.60. The molecule has 0 atom stereocenters. The van der Waals surface area contributed by atoms with Crippen molar-refractivity contribution in [1.82, 2.24) is 10.0 Å². The van der Waals surface area contributed by atoms with E-state index in [1.165, 1.54) is 12.1 Å². The van der Waals surface area contributed by atoms with Gasteiger partial charge in [0.15, 0.2) is 0 Å². The van der Waals surface area contributed by atoms with Gasteiger partial charge < -0.3 is 11.1 Å². The number of nitrogens with one attached hydrogen (secondary N) is 2. The highest BCUT2D eigenvalue weighted by atomic mass is 32.2. The highest BCUT2D eigenvalue weighted by Crippen LogP contribution is 2.19. The van der Waals surface area contributed by atoms with Gasteiger partial charge in [-0.15, -0.1) is 0 Å². The number of carbonyl (C=O) groups is 1. The summed E-state index contributed by atoms with van der Waals surface area (Å²) >= 11 is 0. The number of amides is 1. The number of sulfonamides is 1. The normalized spacial score (nSPS) is 14.9. The van der Waals surface area contributed by atoms with Crippen LogP contribution >= 0.6 is 0 Å². The van der Waals surface area contributed by atoms with E-state index in [2.05, 4.69) is 10.0 Å². The monoisotopic (exact) mass is 311 g/mol. The molecule has 2 rings (SSSR count). The molecule has 4 N–H and O–H groups in total. The minimum absolute atomic E-state index is 0.0139. The van der Waals surface area contributed by atoms with Gasteiger partial charge in [-0.1, -0.05) is 0 Å². The quantitative estimate of drug-likeness (QED) is 0.514. The predicted molar refractivity (Wildman–Crippen MR) is 81.2 cm³/mol. The Morgan fingerprint density at radius 2 is 2.10 bits per heavy atom. The fourth-order valence-electron chi connectivity index (χ4n) is 1.88. The van der Waals surface area contributed by atoms with Crippen molar-refractivity contribution in [2.45, 2.75) is 43.5 Å². The molecule has 1 saturated carbocycles. The minimum Gasteiger partial charge on any atom is -0.399 e. The summed E-state index contributed by atoms with van der Waals surface area (Å²) in [7, 11) is -3.55. The number of carbonyl (C=O) groups excluding carboxylic acids is 1. The van der Waals surface area contributed by atoms with Crippen LogP contribution in [0.3, 0.4) is 0 Å². The molecular weight excluding hydrogens is 290 g/mol. The van der Waals surface area contributed by atoms with Gasteiger partial charge in [-0.3, -0.25) is 4.79 Å². The average molecular weight is 311 g/mol. The van der Waals surface area contributed by atoms with Crippen molar-refractivity contribution >= 4 is 21.6 Å². The van der Waals surface area contributed by atoms with Crippen LogP contribution in [0.2, 0.25) is 0 Å². The van der Waals surface area contributed by atoms with Gasteiger partial charge >= 0.3 is 0 Å². The van der Waals surface area contributed by atoms with E-state index in [1.807, 2.05) is 0 Å². The summed E-state index contributed by atoms with van der Waals surface area (Å²) in [5, 5.41) is 2.87. The van der Waals surface area contributed by atoms with E-state index < -0.39 is 10.0 Å². The lowest BCUT2D eigenvalue weighted by Crippen LogP contribution is -2.28. The first-order chi connectivity index (χ1) is 9.88. The molecule has 0 saturated heterocycles. The Morgan fingerprint density at radius 1 is 1.38 bits per heavy atom. The third-order valence-electron chi connectivity index (χ3n) is 3.37. The van der Waals surface area contributed by atoms with Crippen molar-refractivity contribution in [3.63, 3.8) is 0 Å². The summed E-state index contributed by atoms with van der Waals surface area (Å²) in [4.78, 5) is 11.7. The van der Waals surface area contributed by atoms with Crippen molar-refractivity contribution < 1.29 is 13.2 Å². The van der Waals surface area contributed by atoms with Gasteiger partial charge in [0, 0.05) is 24.7 Å². The van der Waals surface area contributed by atoms with Crippen molar-refractivity contribution in [1.29, 1.82) is 0 Å². The molecule has 1 aliphatic rings. The molecule has 0 unspecified atom stereocenters. The topological polar surface area (TPSA) is 101 Å². The Bertz CT molecular complexity index is 624. The van der Waals surface area contributed by atoms with Gasteiger partial charge in [0.05, 0.1) is 4.90 Å². The molecule has 0 aliphatic heterocycles. The van der Waals surface area contributed by atoms with E-state index in [-0.39, 0.29) is 17.3 Å². The van der Waals surface area contributed by atoms with E-state index in [9.17, 15) is 13.2 Å². The lowest BCUT2D eigenvalue weighted by molar-refractivity contribution is -0.121. The first-order valence-corrected chi connectivity index (χ1v) is 8.52. The van der Waals surface area contributed by atoms with Crippen molar-refractivity contribution in [3.05, 3.63) is 23.8 Å². The first-order valence-electron chi connectivity index (χ1n) is 7.03. The molecule has 0 radical (unpaired) electrons. The molecule has 0 aromatic heterocycles. The number of benzene rings is 1. The number of nitrogens with two attached hydrogens (primary N) is 1. The van der Waals surface area contributed by atoms with E-state index in [0.29, 0.717) is 24.6 Å². The van der Waals surface area contributed by atoms with E-state index in [4.69, 9.17) is 5.73 Å². The van der Waals surface area contributed by atoms with Crippen LogP contribution in [0.1, 0.15) is 31.2 Å². The van der Waals surface area contributed by atoms with Crippen LogP contribution in [0.5, 0.6) is 0 Å². The molecule has 0 bridgehead atoms. The van der Waals surface area contributed by atoms with Crippen molar-refractivity contribution in [2.24, 2.45) is 0 Å². The van der Waals surface area contributed by atoms with Crippen LogP contribution in [0.25, 0.3) is 0 Å². The lowest BCUT2D eigenvalue weighted by Gasteiger charge is -2.08. The molecule has 1 fully saturated rings. The van der Waals surface area contributed by atoms with Crippen LogP contribution in [0, 0.1) is 6.92 Å². The summed E-state index contributed by atoms with van der Waals surface area (Å²) in [5.74, 6) is -0.0139. The van der Waals surface area contributed by atoms with Crippen LogP contribution in [-0.2, 0) is 14.8 Å². The van der Waals surface area contributed by atoms with Gasteiger partial charge in [-0.05, 0) is 49.9 Å². The Morgan fingerprint density at radius 3 is 2.71 bits per heavy atom. The molecule has 1 amide bonds. The maximum atomic E-state index is 12.1. The minimum atomic E-state index is -3.55. The van der Waals surface area contributed by atoms with Gasteiger partial charge in [0.2, 0.25) is 15.9 Å². The largest absolute Gasteiger partial charge is 0.399 e. The van der Waals surface area contributed by atoms with Gasteiger partial charge in [0.25, 0.3) is 0 Å². The lowest BCUT2D eigenvalue weighted by atomic mass is 10.2. The second-order valence-corrected chi connectivity index (χ2v) is 7.13. The molecule has 6 nitrogen and oxygen atoms in total. The number of hydrogen-bond acceptors (Lipinski definition) is 4. The molecule has 7 heteroatoms. The highest BCUT2D eigenvalue weighted by Gasteiger charge is 2.22. The zero-order valence-corrected chi connectivity index (χ0v) is 12.9. The summed E-state index contributed by atoms with van der Waals surface area (Å²) < 4.78 is 26.6. The number of rotatable bonds is 7. The van der Waals surface area contributed by atoms with Crippen LogP contribution in [0.4, 0.5) is 5.69 Å². The molecule has 0 spiro atoms. The fourth-order valence-corrected chi connectivity index (χ4v) is 3.04. The van der Waals surface area contributed by atoms with Gasteiger partial charge in [-0.25, -0.2) is 13.1 Å². The van der Waals surface area contributed by atoms with Crippen molar-refractivity contribution in [2.75, 3.05) is 12.3 Å². The zero-order valence-electron chi connectivity index (χ0n) is 12.1.